The second kappa shape index (κ2) is 10.3. The number of nitrogens with zero attached hydrogens (tertiary/aromatic N) is 8. The van der Waals surface area contributed by atoms with Crippen LogP contribution in [-0.2, 0) is 11.8 Å². The molecule has 3 aromatic heterocycles. The summed E-state index contributed by atoms with van der Waals surface area (Å²) >= 11 is 0. The molecule has 1 saturated heterocycles. The Labute approximate surface area is 231 Å². The van der Waals surface area contributed by atoms with E-state index < -0.39 is 0 Å². The van der Waals surface area contributed by atoms with E-state index in [2.05, 4.69) is 37.1 Å². The molecule has 0 radical (unpaired) electrons. The van der Waals surface area contributed by atoms with Crippen LogP contribution in [0.25, 0.3) is 22.1 Å². The molecule has 11 heteroatoms. The molecule has 0 unspecified atom stereocenters. The largest absolute Gasteiger partial charge is 0.457 e. The topological polar surface area (TPSA) is 114 Å². The molecule has 0 bridgehead atoms. The van der Waals surface area contributed by atoms with E-state index in [9.17, 15) is 4.79 Å². The average molecular weight is 536 g/mol. The molecule has 202 valence electrons. The van der Waals surface area contributed by atoms with Gasteiger partial charge in [-0.3, -0.25) is 4.79 Å². The summed E-state index contributed by atoms with van der Waals surface area (Å²) in [5.41, 5.74) is 6.00. The Morgan fingerprint density at radius 2 is 1.82 bits per heavy atom. The summed E-state index contributed by atoms with van der Waals surface area (Å²) in [4.78, 5) is 29.9. The van der Waals surface area contributed by atoms with E-state index in [4.69, 9.17) is 9.72 Å². The number of ether oxygens (including phenoxy) is 1. The molecule has 11 nitrogen and oxygen atoms in total. The van der Waals surface area contributed by atoms with Crippen LogP contribution in [0.4, 0.5) is 17.3 Å². The smallest absolute Gasteiger partial charge is 0.246 e. The highest BCUT2D eigenvalue weighted by molar-refractivity contribution is 5.89. The number of fused-ring (bicyclic) bond motifs is 2. The minimum absolute atomic E-state index is 0.0407. The molecule has 0 aliphatic carbocycles. The number of aryl methyl sites for hydroxylation is 3. The fraction of sp³-hybridized carbons (Fsp3) is 0.241. The summed E-state index contributed by atoms with van der Waals surface area (Å²) in [7, 11) is 1.86. The van der Waals surface area contributed by atoms with Crippen molar-refractivity contribution in [3.05, 3.63) is 72.6 Å². The number of hydrogen-bond acceptors (Lipinski definition) is 9. The predicted octanol–water partition coefficient (Wildman–Crippen LogP) is 4.29. The summed E-state index contributed by atoms with van der Waals surface area (Å²) in [6, 6.07) is 13.6. The fourth-order valence-corrected chi connectivity index (χ4v) is 4.94. The zero-order valence-corrected chi connectivity index (χ0v) is 22.6. The molecule has 1 aliphatic rings. The van der Waals surface area contributed by atoms with Gasteiger partial charge >= 0.3 is 0 Å². The van der Waals surface area contributed by atoms with E-state index in [0.29, 0.717) is 43.3 Å². The molecule has 4 heterocycles. The van der Waals surface area contributed by atoms with Gasteiger partial charge in [-0.25, -0.2) is 19.6 Å². The third-order valence-corrected chi connectivity index (χ3v) is 7.09. The van der Waals surface area contributed by atoms with Crippen LogP contribution in [0.3, 0.4) is 0 Å². The number of carbonyl (C=O) groups excluding carboxylic acids is 1. The molecule has 2 aromatic carbocycles. The number of nitrogens with one attached hydrogen (secondary N) is 1. The number of amides is 1. The van der Waals surface area contributed by atoms with Gasteiger partial charge in [-0.1, -0.05) is 11.8 Å². The molecule has 1 aliphatic heterocycles. The Kier molecular flexibility index (Phi) is 6.47. The zero-order valence-electron chi connectivity index (χ0n) is 22.6. The summed E-state index contributed by atoms with van der Waals surface area (Å²) < 4.78 is 7.88. The van der Waals surface area contributed by atoms with Crippen LogP contribution in [-0.4, -0.2) is 66.9 Å². The zero-order chi connectivity index (χ0) is 27.8. The standard InChI is InChI=1S/C29H29N9O2/c1-5-26(39)37-10-12-38(13-11-37)29-19(3)15-23-27(33-29)28(31-17-30-23)32-20-6-9-25(18(2)14-20)40-21-7-8-24-22(16-21)34-35-36(24)4/h5-9,14-17H,1,10-13H2,2-4H3,(H,30,31,32). The number of hydrogen-bond donors (Lipinski definition) is 1. The molecule has 40 heavy (non-hydrogen) atoms. The third kappa shape index (κ3) is 4.77. The van der Waals surface area contributed by atoms with Crippen molar-refractivity contribution in [2.75, 3.05) is 36.4 Å². The Bertz CT molecular complexity index is 1760. The van der Waals surface area contributed by atoms with Crippen LogP contribution in [0.15, 0.2) is 61.4 Å². The molecule has 0 atom stereocenters. The van der Waals surface area contributed by atoms with Crippen LogP contribution >= 0.6 is 0 Å². The number of rotatable bonds is 6. The molecule has 6 rings (SSSR count). The first-order valence-electron chi connectivity index (χ1n) is 13.0. The SMILES string of the molecule is C=CC(=O)N1CCN(c2nc3c(Nc4ccc(Oc5ccc6c(c5)nnn6C)c(C)c4)ncnc3cc2C)CC1. The third-order valence-electron chi connectivity index (χ3n) is 7.09. The van der Waals surface area contributed by atoms with E-state index in [1.54, 1.807) is 9.58 Å². The lowest BCUT2D eigenvalue weighted by molar-refractivity contribution is -0.126. The number of anilines is 3. The average Bonchev–Trinajstić information content (AvgIpc) is 3.33. The lowest BCUT2D eigenvalue weighted by Gasteiger charge is -2.35. The van der Waals surface area contributed by atoms with Gasteiger partial charge in [-0.15, -0.1) is 5.10 Å². The van der Waals surface area contributed by atoms with Crippen molar-refractivity contribution in [2.24, 2.45) is 7.05 Å². The van der Waals surface area contributed by atoms with E-state index in [0.717, 1.165) is 44.9 Å². The highest BCUT2D eigenvalue weighted by Crippen LogP contribution is 2.32. The van der Waals surface area contributed by atoms with Gasteiger partial charge in [0.15, 0.2) is 5.82 Å². The highest BCUT2D eigenvalue weighted by Gasteiger charge is 2.22. The van der Waals surface area contributed by atoms with Gasteiger partial charge in [-0.05, 0) is 67.4 Å². The first-order chi connectivity index (χ1) is 19.4. The molecular formula is C29H29N9O2. The van der Waals surface area contributed by atoms with Crippen molar-refractivity contribution in [2.45, 2.75) is 13.8 Å². The first kappa shape index (κ1) is 25.2. The van der Waals surface area contributed by atoms with Gasteiger partial charge in [0.05, 0.1) is 11.0 Å². The first-order valence-corrected chi connectivity index (χ1v) is 13.0. The Balaban J connectivity index is 1.23. The van der Waals surface area contributed by atoms with Gasteiger partial charge in [0, 0.05) is 45.0 Å². The van der Waals surface area contributed by atoms with Crippen molar-refractivity contribution in [1.82, 2.24) is 34.8 Å². The van der Waals surface area contributed by atoms with E-state index >= 15 is 0 Å². The molecular weight excluding hydrogens is 506 g/mol. The lowest BCUT2D eigenvalue weighted by atomic mass is 10.2. The summed E-state index contributed by atoms with van der Waals surface area (Å²) in [5, 5.41) is 11.6. The van der Waals surface area contributed by atoms with Crippen molar-refractivity contribution in [1.29, 1.82) is 0 Å². The fourth-order valence-electron chi connectivity index (χ4n) is 4.94. The van der Waals surface area contributed by atoms with E-state index in [1.165, 1.54) is 12.4 Å². The quantitative estimate of drug-likeness (QED) is 0.318. The minimum Gasteiger partial charge on any atom is -0.457 e. The Morgan fingerprint density at radius 3 is 2.60 bits per heavy atom. The molecule has 1 fully saturated rings. The summed E-state index contributed by atoms with van der Waals surface area (Å²) in [5.74, 6) is 2.89. The number of aromatic nitrogens is 6. The van der Waals surface area contributed by atoms with Gasteiger partial charge < -0.3 is 19.9 Å². The maximum absolute atomic E-state index is 12.0. The monoisotopic (exact) mass is 535 g/mol. The molecule has 1 amide bonds. The Hall–Kier alpha value is -5.06. The van der Waals surface area contributed by atoms with Crippen molar-refractivity contribution in [3.8, 4) is 11.5 Å². The van der Waals surface area contributed by atoms with E-state index in [1.807, 2.05) is 63.4 Å². The number of piperazine rings is 1. The number of pyridine rings is 1. The van der Waals surface area contributed by atoms with Gasteiger partial charge in [0.25, 0.3) is 0 Å². The molecule has 1 N–H and O–H groups in total. The maximum Gasteiger partial charge on any atom is 0.246 e. The number of carbonyl (C=O) groups is 1. The van der Waals surface area contributed by atoms with Crippen LogP contribution in [0.2, 0.25) is 0 Å². The summed E-state index contributed by atoms with van der Waals surface area (Å²) in [6.45, 7) is 10.3. The van der Waals surface area contributed by atoms with Crippen LogP contribution in [0.1, 0.15) is 11.1 Å². The van der Waals surface area contributed by atoms with Crippen LogP contribution in [0, 0.1) is 13.8 Å². The second-order valence-corrected chi connectivity index (χ2v) is 9.81. The maximum atomic E-state index is 12.0. The molecule has 0 spiro atoms. The summed E-state index contributed by atoms with van der Waals surface area (Å²) in [6.07, 6.45) is 2.90. The van der Waals surface area contributed by atoms with Crippen LogP contribution < -0.4 is 15.0 Å². The Morgan fingerprint density at radius 1 is 1.00 bits per heavy atom. The van der Waals surface area contributed by atoms with Gasteiger partial charge in [0.1, 0.15) is 34.7 Å². The highest BCUT2D eigenvalue weighted by atomic mass is 16.5. The second-order valence-electron chi connectivity index (χ2n) is 9.81. The predicted molar refractivity (Wildman–Crippen MR) is 154 cm³/mol. The van der Waals surface area contributed by atoms with Gasteiger partial charge in [0.2, 0.25) is 5.91 Å². The molecule has 0 saturated carbocycles. The van der Waals surface area contributed by atoms with Crippen molar-refractivity contribution < 1.29 is 9.53 Å². The van der Waals surface area contributed by atoms with Gasteiger partial charge in [-0.2, -0.15) is 0 Å². The van der Waals surface area contributed by atoms with Crippen molar-refractivity contribution in [3.63, 3.8) is 0 Å². The number of benzene rings is 2. The molecule has 5 aromatic rings. The minimum atomic E-state index is -0.0407. The van der Waals surface area contributed by atoms with E-state index in [-0.39, 0.29) is 5.91 Å². The normalized spacial score (nSPS) is 13.6. The van der Waals surface area contributed by atoms with Crippen LogP contribution in [0.5, 0.6) is 11.5 Å². The van der Waals surface area contributed by atoms with Crippen molar-refractivity contribution >= 4 is 45.3 Å². The lowest BCUT2D eigenvalue weighted by Crippen LogP contribution is -2.48.